The van der Waals surface area contributed by atoms with Gasteiger partial charge in [-0.3, -0.25) is 0 Å². The zero-order valence-electron chi connectivity index (χ0n) is 14.4. The molecular weight excluding hydrogens is 374 g/mol. The maximum absolute atomic E-state index is 12.1. The second-order valence-corrected chi connectivity index (χ2v) is 7.76. The summed E-state index contributed by atoms with van der Waals surface area (Å²) >= 11 is 3.24. The Labute approximate surface area is 165 Å². The van der Waals surface area contributed by atoms with Gasteiger partial charge in [-0.15, -0.1) is 22.7 Å². The van der Waals surface area contributed by atoms with E-state index in [-0.39, 0.29) is 6.03 Å². The zero-order chi connectivity index (χ0) is 18.5. The van der Waals surface area contributed by atoms with Crippen LogP contribution in [0, 0.1) is 0 Å². The molecule has 2 aromatic heterocycles. The number of carbonyl (C=O) groups excluding carboxylic acids is 1. The normalized spacial score (nSPS) is 10.5. The third-order valence-corrected chi connectivity index (χ3v) is 5.71. The highest BCUT2D eigenvalue weighted by Crippen LogP contribution is 2.29. The molecule has 4 aromatic rings. The molecule has 0 radical (unpaired) electrons. The summed E-state index contributed by atoms with van der Waals surface area (Å²) in [6.07, 6.45) is 0. The van der Waals surface area contributed by atoms with Crippen molar-refractivity contribution in [2.24, 2.45) is 0 Å². The molecule has 27 heavy (non-hydrogen) atoms. The van der Waals surface area contributed by atoms with E-state index in [0.29, 0.717) is 6.54 Å². The van der Waals surface area contributed by atoms with Crippen molar-refractivity contribution in [1.29, 1.82) is 0 Å². The molecule has 2 heterocycles. The number of benzene rings is 2. The summed E-state index contributed by atoms with van der Waals surface area (Å²) in [5.41, 5.74) is 3.73. The molecule has 0 bridgehead atoms. The minimum Gasteiger partial charge on any atom is -0.333 e. The van der Waals surface area contributed by atoms with Crippen LogP contribution in [0.15, 0.2) is 77.5 Å². The highest BCUT2D eigenvalue weighted by atomic mass is 32.1. The molecule has 0 aliphatic carbocycles. The molecule has 0 spiro atoms. The summed E-state index contributed by atoms with van der Waals surface area (Å²) in [4.78, 5) is 18.0. The second-order valence-electron chi connectivity index (χ2n) is 5.87. The third kappa shape index (κ3) is 4.42. The highest BCUT2D eigenvalue weighted by Gasteiger charge is 2.08. The van der Waals surface area contributed by atoms with Gasteiger partial charge in [0.25, 0.3) is 0 Å². The van der Waals surface area contributed by atoms with Gasteiger partial charge in [0.1, 0.15) is 5.01 Å². The smallest absolute Gasteiger partial charge is 0.319 e. The Kier molecular flexibility index (Phi) is 5.27. The Morgan fingerprint density at radius 2 is 1.78 bits per heavy atom. The van der Waals surface area contributed by atoms with E-state index in [1.54, 1.807) is 22.7 Å². The van der Waals surface area contributed by atoms with Crippen molar-refractivity contribution in [2.75, 3.05) is 5.32 Å². The van der Waals surface area contributed by atoms with E-state index in [1.807, 2.05) is 65.4 Å². The van der Waals surface area contributed by atoms with Gasteiger partial charge in [-0.1, -0.05) is 48.5 Å². The third-order valence-electron chi connectivity index (χ3n) is 3.94. The van der Waals surface area contributed by atoms with E-state index in [2.05, 4.69) is 22.8 Å². The average Bonchev–Trinajstić information content (AvgIpc) is 3.39. The van der Waals surface area contributed by atoms with Crippen LogP contribution in [-0.2, 0) is 6.54 Å². The first-order valence-corrected chi connectivity index (χ1v) is 10.2. The Balaban J connectivity index is 1.45. The van der Waals surface area contributed by atoms with Crippen LogP contribution < -0.4 is 10.6 Å². The molecule has 0 unspecified atom stereocenters. The molecule has 6 heteroatoms. The van der Waals surface area contributed by atoms with Gasteiger partial charge in [0.15, 0.2) is 0 Å². The molecule has 0 atom stereocenters. The van der Waals surface area contributed by atoms with E-state index in [9.17, 15) is 4.79 Å². The maximum Gasteiger partial charge on any atom is 0.319 e. The minimum atomic E-state index is -0.219. The maximum atomic E-state index is 12.1. The van der Waals surface area contributed by atoms with Gasteiger partial charge >= 0.3 is 6.03 Å². The number of rotatable bonds is 5. The lowest BCUT2D eigenvalue weighted by molar-refractivity contribution is 0.252. The number of aromatic nitrogens is 1. The summed E-state index contributed by atoms with van der Waals surface area (Å²) in [5.74, 6) is 0. The molecule has 2 amide bonds. The number of nitrogens with zero attached hydrogens (tertiary/aromatic N) is 1. The first kappa shape index (κ1) is 17.5. The first-order valence-electron chi connectivity index (χ1n) is 8.46. The van der Waals surface area contributed by atoms with E-state index in [0.717, 1.165) is 32.4 Å². The van der Waals surface area contributed by atoms with Crippen LogP contribution in [0.4, 0.5) is 10.5 Å². The Morgan fingerprint density at radius 1 is 0.926 bits per heavy atom. The lowest BCUT2D eigenvalue weighted by Gasteiger charge is -2.08. The zero-order valence-corrected chi connectivity index (χ0v) is 16.0. The molecule has 4 rings (SSSR count). The standard InChI is InChI=1S/C21H17N3OS2/c25-21(22-13-18-10-5-11-26-18)23-17-9-4-8-16(12-17)19-14-27-20(24-19)15-6-2-1-3-7-15/h1-12,14H,13H2,(H2,22,23,25). The largest absolute Gasteiger partial charge is 0.333 e. The van der Waals surface area contributed by atoms with Crippen LogP contribution in [0.5, 0.6) is 0 Å². The minimum absolute atomic E-state index is 0.219. The van der Waals surface area contributed by atoms with Crippen LogP contribution >= 0.6 is 22.7 Å². The highest BCUT2D eigenvalue weighted by molar-refractivity contribution is 7.13. The van der Waals surface area contributed by atoms with Gasteiger partial charge < -0.3 is 10.6 Å². The van der Waals surface area contributed by atoms with Gasteiger partial charge in [-0.25, -0.2) is 9.78 Å². The summed E-state index contributed by atoms with van der Waals surface area (Å²) in [6, 6.07) is 21.6. The first-order chi connectivity index (χ1) is 13.3. The Hall–Kier alpha value is -2.96. The summed E-state index contributed by atoms with van der Waals surface area (Å²) < 4.78 is 0. The van der Waals surface area contributed by atoms with Gasteiger partial charge in [0, 0.05) is 27.1 Å². The Bertz CT molecular complexity index is 1030. The van der Waals surface area contributed by atoms with Gasteiger partial charge in [0.2, 0.25) is 0 Å². The van der Waals surface area contributed by atoms with Crippen molar-refractivity contribution in [1.82, 2.24) is 10.3 Å². The van der Waals surface area contributed by atoms with Crippen molar-refractivity contribution in [2.45, 2.75) is 6.54 Å². The quantitative estimate of drug-likeness (QED) is 0.448. The van der Waals surface area contributed by atoms with E-state index >= 15 is 0 Å². The number of urea groups is 1. The molecule has 0 saturated carbocycles. The fourth-order valence-corrected chi connectivity index (χ4v) is 4.11. The number of nitrogens with one attached hydrogen (secondary N) is 2. The fraction of sp³-hybridized carbons (Fsp3) is 0.0476. The SMILES string of the molecule is O=C(NCc1cccs1)Nc1cccc(-c2csc(-c3ccccc3)n2)c1. The number of amides is 2. The molecule has 0 aliphatic rings. The molecule has 2 N–H and O–H groups in total. The molecule has 0 aliphatic heterocycles. The van der Waals surface area contributed by atoms with Crippen LogP contribution in [-0.4, -0.2) is 11.0 Å². The van der Waals surface area contributed by atoms with Gasteiger partial charge in [-0.05, 0) is 23.6 Å². The van der Waals surface area contributed by atoms with Crippen LogP contribution in [0.3, 0.4) is 0 Å². The van der Waals surface area contributed by atoms with Crippen LogP contribution in [0.1, 0.15) is 4.88 Å². The van der Waals surface area contributed by atoms with Gasteiger partial charge in [0.05, 0.1) is 12.2 Å². The summed E-state index contributed by atoms with van der Waals surface area (Å²) in [5, 5.41) is 10.8. The predicted molar refractivity (Wildman–Crippen MR) is 113 cm³/mol. The van der Waals surface area contributed by atoms with Crippen molar-refractivity contribution < 1.29 is 4.79 Å². The van der Waals surface area contributed by atoms with Crippen molar-refractivity contribution in [3.05, 3.63) is 82.4 Å². The van der Waals surface area contributed by atoms with Crippen molar-refractivity contribution >= 4 is 34.4 Å². The monoisotopic (exact) mass is 391 g/mol. The summed E-state index contributed by atoms with van der Waals surface area (Å²) in [6.45, 7) is 0.524. The number of thiophene rings is 1. The second kappa shape index (κ2) is 8.16. The molecule has 134 valence electrons. The molecule has 0 saturated heterocycles. The number of carbonyl (C=O) groups is 1. The topological polar surface area (TPSA) is 54.0 Å². The van der Waals surface area contributed by atoms with Crippen molar-refractivity contribution in [3.8, 4) is 21.8 Å². The lowest BCUT2D eigenvalue weighted by atomic mass is 10.1. The number of anilines is 1. The van der Waals surface area contributed by atoms with Crippen LogP contribution in [0.25, 0.3) is 21.8 Å². The average molecular weight is 392 g/mol. The van der Waals surface area contributed by atoms with Gasteiger partial charge in [-0.2, -0.15) is 0 Å². The van der Waals surface area contributed by atoms with E-state index in [4.69, 9.17) is 4.98 Å². The van der Waals surface area contributed by atoms with Crippen molar-refractivity contribution in [3.63, 3.8) is 0 Å². The fourth-order valence-electron chi connectivity index (χ4n) is 2.63. The number of hydrogen-bond donors (Lipinski definition) is 2. The number of thiazole rings is 1. The Morgan fingerprint density at radius 3 is 2.59 bits per heavy atom. The lowest BCUT2D eigenvalue weighted by Crippen LogP contribution is -2.27. The summed E-state index contributed by atoms with van der Waals surface area (Å²) in [7, 11) is 0. The molecule has 0 fully saturated rings. The molecule has 4 nitrogen and oxygen atoms in total. The van der Waals surface area contributed by atoms with E-state index < -0.39 is 0 Å². The van der Waals surface area contributed by atoms with E-state index in [1.165, 1.54) is 0 Å². The number of hydrogen-bond acceptors (Lipinski definition) is 4. The molecule has 2 aromatic carbocycles. The van der Waals surface area contributed by atoms with Crippen LogP contribution in [0.2, 0.25) is 0 Å². The predicted octanol–water partition coefficient (Wildman–Crippen LogP) is 5.86. The molecular formula is C21H17N3OS2.